The lowest BCUT2D eigenvalue weighted by molar-refractivity contribution is -0.0163. The highest BCUT2D eigenvalue weighted by Crippen LogP contribution is 2.43. The molecule has 0 spiro atoms. The highest BCUT2D eigenvalue weighted by atomic mass is 16.5. The number of allylic oxidation sites excluding steroid dienone is 3. The molecule has 1 heteroatoms. The molecule has 0 aromatic rings. The summed E-state index contributed by atoms with van der Waals surface area (Å²) in [6, 6.07) is 0. The Morgan fingerprint density at radius 2 is 1.70 bits per heavy atom. The smallest absolute Gasteiger partial charge is 0.0836 e. The molecule has 2 aliphatic rings. The summed E-state index contributed by atoms with van der Waals surface area (Å²) < 4.78 is 6.57. The first-order valence-corrected chi connectivity index (χ1v) is 9.28. The number of hydrogen-bond acceptors (Lipinski definition) is 1. The lowest BCUT2D eigenvalue weighted by Crippen LogP contribution is -2.30. The Morgan fingerprint density at radius 3 is 2.35 bits per heavy atom. The highest BCUT2D eigenvalue weighted by molar-refractivity contribution is 5.26. The van der Waals surface area contributed by atoms with E-state index in [1.165, 1.54) is 29.6 Å². The molecule has 2 aliphatic heterocycles. The molecular weight excluding hydrogens is 280 g/mol. The molecule has 2 unspecified atom stereocenters. The van der Waals surface area contributed by atoms with Gasteiger partial charge >= 0.3 is 0 Å². The van der Waals surface area contributed by atoms with E-state index in [1.54, 1.807) is 0 Å². The second-order valence-electron chi connectivity index (χ2n) is 9.29. The van der Waals surface area contributed by atoms with Crippen LogP contribution in [0.15, 0.2) is 34.9 Å². The SMILES string of the molecule is C/C1=C\CCC(C)(C)C2C=C(C(C)(C)C)C(C/C(C)=C/CC1)O2. The molecule has 23 heavy (non-hydrogen) atoms. The third-order valence-corrected chi connectivity index (χ3v) is 5.45. The van der Waals surface area contributed by atoms with E-state index < -0.39 is 0 Å². The number of ether oxygens (including phenoxy) is 1. The van der Waals surface area contributed by atoms with Crippen molar-refractivity contribution in [2.45, 2.75) is 92.8 Å². The van der Waals surface area contributed by atoms with Crippen molar-refractivity contribution in [2.75, 3.05) is 0 Å². The van der Waals surface area contributed by atoms with Gasteiger partial charge < -0.3 is 4.74 Å². The van der Waals surface area contributed by atoms with Crippen molar-refractivity contribution >= 4 is 0 Å². The molecule has 0 aliphatic carbocycles. The Kier molecular flexibility index (Phi) is 5.61. The Bertz CT molecular complexity index is 511. The highest BCUT2D eigenvalue weighted by Gasteiger charge is 2.40. The zero-order valence-corrected chi connectivity index (χ0v) is 16.3. The number of rotatable bonds is 0. The lowest BCUT2D eigenvalue weighted by atomic mass is 9.78. The quantitative estimate of drug-likeness (QED) is 0.457. The molecule has 0 saturated carbocycles. The van der Waals surface area contributed by atoms with Crippen molar-refractivity contribution in [3.8, 4) is 0 Å². The molecule has 0 amide bonds. The zero-order valence-electron chi connectivity index (χ0n) is 16.3. The maximum atomic E-state index is 6.57. The topological polar surface area (TPSA) is 9.23 Å². The van der Waals surface area contributed by atoms with E-state index in [0.717, 1.165) is 19.3 Å². The number of fused-ring (bicyclic) bond motifs is 2. The van der Waals surface area contributed by atoms with Crippen molar-refractivity contribution in [1.82, 2.24) is 0 Å². The minimum absolute atomic E-state index is 0.184. The first-order chi connectivity index (χ1) is 10.6. The van der Waals surface area contributed by atoms with Crippen LogP contribution in [0.3, 0.4) is 0 Å². The van der Waals surface area contributed by atoms with Crippen LogP contribution in [0.1, 0.15) is 80.6 Å². The van der Waals surface area contributed by atoms with Gasteiger partial charge in [0.25, 0.3) is 0 Å². The molecule has 0 aromatic heterocycles. The summed E-state index contributed by atoms with van der Waals surface area (Å²) in [7, 11) is 0. The fourth-order valence-corrected chi connectivity index (χ4v) is 3.72. The van der Waals surface area contributed by atoms with Gasteiger partial charge in [0.15, 0.2) is 0 Å². The van der Waals surface area contributed by atoms with Gasteiger partial charge in [0.05, 0.1) is 12.2 Å². The normalized spacial score (nSPS) is 34.1. The van der Waals surface area contributed by atoms with Gasteiger partial charge in [-0.25, -0.2) is 0 Å². The third-order valence-electron chi connectivity index (χ3n) is 5.45. The fraction of sp³-hybridized carbons (Fsp3) is 0.727. The van der Waals surface area contributed by atoms with E-state index in [1.807, 2.05) is 0 Å². The van der Waals surface area contributed by atoms with Gasteiger partial charge in [-0.15, -0.1) is 0 Å². The van der Waals surface area contributed by atoms with Crippen LogP contribution in [-0.4, -0.2) is 12.2 Å². The fourth-order valence-electron chi connectivity index (χ4n) is 3.72. The number of hydrogen-bond donors (Lipinski definition) is 0. The summed E-state index contributed by atoms with van der Waals surface area (Å²) in [5.41, 5.74) is 4.86. The Balaban J connectivity index is 2.32. The molecule has 0 radical (unpaired) electrons. The average molecular weight is 317 g/mol. The van der Waals surface area contributed by atoms with Crippen molar-refractivity contribution in [3.05, 3.63) is 34.9 Å². The van der Waals surface area contributed by atoms with Crippen molar-refractivity contribution in [2.24, 2.45) is 10.8 Å². The summed E-state index contributed by atoms with van der Waals surface area (Å²) in [5, 5.41) is 0. The predicted molar refractivity (Wildman–Crippen MR) is 101 cm³/mol. The van der Waals surface area contributed by atoms with Gasteiger partial charge in [-0.2, -0.15) is 0 Å². The van der Waals surface area contributed by atoms with Crippen molar-refractivity contribution < 1.29 is 4.74 Å². The van der Waals surface area contributed by atoms with Crippen LogP contribution in [0, 0.1) is 10.8 Å². The molecule has 0 aromatic carbocycles. The molecule has 0 saturated heterocycles. The molecule has 0 N–H and O–H groups in total. The molecular formula is C22H36O. The molecule has 130 valence electrons. The predicted octanol–water partition coefficient (Wildman–Crippen LogP) is 6.61. The lowest BCUT2D eigenvalue weighted by Gasteiger charge is -2.31. The monoisotopic (exact) mass is 316 g/mol. The summed E-state index contributed by atoms with van der Waals surface area (Å²) in [5.74, 6) is 0. The molecule has 0 fully saturated rings. The van der Waals surface area contributed by atoms with Gasteiger partial charge in [-0.3, -0.25) is 0 Å². The Hall–Kier alpha value is -0.820. The molecule has 2 rings (SSSR count). The van der Waals surface area contributed by atoms with E-state index in [4.69, 9.17) is 4.74 Å². The average Bonchev–Trinajstić information content (AvgIpc) is 2.82. The van der Waals surface area contributed by atoms with Crippen LogP contribution in [0.25, 0.3) is 0 Å². The van der Waals surface area contributed by atoms with Crippen molar-refractivity contribution in [3.63, 3.8) is 0 Å². The van der Waals surface area contributed by atoms with Crippen LogP contribution < -0.4 is 0 Å². The molecule has 2 heterocycles. The van der Waals surface area contributed by atoms with E-state index in [-0.39, 0.29) is 23.0 Å². The van der Waals surface area contributed by atoms with E-state index in [9.17, 15) is 0 Å². The maximum absolute atomic E-state index is 6.57. The summed E-state index contributed by atoms with van der Waals surface area (Å²) >= 11 is 0. The minimum Gasteiger partial charge on any atom is -0.366 e. The largest absolute Gasteiger partial charge is 0.366 e. The van der Waals surface area contributed by atoms with Gasteiger partial charge in [-0.05, 0) is 62.4 Å². The second-order valence-corrected chi connectivity index (χ2v) is 9.29. The molecule has 2 bridgehead atoms. The minimum atomic E-state index is 0.184. The van der Waals surface area contributed by atoms with Crippen molar-refractivity contribution in [1.29, 1.82) is 0 Å². The maximum Gasteiger partial charge on any atom is 0.0836 e. The van der Waals surface area contributed by atoms with Gasteiger partial charge in [-0.1, -0.05) is 64.0 Å². The molecule has 2 atom stereocenters. The van der Waals surface area contributed by atoms with E-state index in [2.05, 4.69) is 66.7 Å². The van der Waals surface area contributed by atoms with Crippen LogP contribution in [0.2, 0.25) is 0 Å². The first kappa shape index (κ1) is 18.5. The summed E-state index contributed by atoms with van der Waals surface area (Å²) in [6.07, 6.45) is 13.5. The van der Waals surface area contributed by atoms with E-state index >= 15 is 0 Å². The van der Waals surface area contributed by atoms with Gasteiger partial charge in [0.2, 0.25) is 0 Å². The van der Waals surface area contributed by atoms with Gasteiger partial charge in [0, 0.05) is 0 Å². The Morgan fingerprint density at radius 1 is 1.04 bits per heavy atom. The standard InChI is InChI=1S/C22H36O/c1-16-10-8-11-17(2)14-19-18(21(3,4)5)15-20(23-19)22(6,7)13-9-12-16/h11-12,15,19-20H,8-10,13-14H2,1-7H3/b16-12+,17-11+. The summed E-state index contributed by atoms with van der Waals surface area (Å²) in [6.45, 7) is 16.2. The van der Waals surface area contributed by atoms with Crippen LogP contribution in [-0.2, 0) is 4.74 Å². The summed E-state index contributed by atoms with van der Waals surface area (Å²) in [4.78, 5) is 0. The Labute approximate surface area is 143 Å². The zero-order chi connectivity index (χ0) is 17.3. The first-order valence-electron chi connectivity index (χ1n) is 9.28. The third kappa shape index (κ3) is 4.83. The van der Waals surface area contributed by atoms with E-state index in [0.29, 0.717) is 0 Å². The van der Waals surface area contributed by atoms with Crippen LogP contribution >= 0.6 is 0 Å². The van der Waals surface area contributed by atoms with Gasteiger partial charge in [0.1, 0.15) is 0 Å². The van der Waals surface area contributed by atoms with Crippen LogP contribution in [0.4, 0.5) is 0 Å². The van der Waals surface area contributed by atoms with Crippen LogP contribution in [0.5, 0.6) is 0 Å². The second kappa shape index (κ2) is 6.97. The molecule has 1 nitrogen and oxygen atoms in total.